The molecule has 28 heavy (non-hydrogen) atoms. The largest absolute Gasteiger partial charge is 0.393 e. The number of carbonyl (C=O) groups excluding carboxylic acids is 1. The lowest BCUT2D eigenvalue weighted by atomic mass is 9.93. The highest BCUT2D eigenvalue weighted by Gasteiger charge is 2.24. The average molecular weight is 383 g/mol. The molecule has 0 aliphatic heterocycles. The van der Waals surface area contributed by atoms with Crippen LogP contribution in [0.15, 0.2) is 23.0 Å². The Morgan fingerprint density at radius 1 is 1.29 bits per heavy atom. The van der Waals surface area contributed by atoms with Crippen molar-refractivity contribution in [2.45, 2.75) is 58.2 Å². The van der Waals surface area contributed by atoms with E-state index in [9.17, 15) is 14.7 Å². The van der Waals surface area contributed by atoms with Gasteiger partial charge in [0.15, 0.2) is 0 Å². The second-order valence-electron chi connectivity index (χ2n) is 7.59. The molecular formula is C20H25N5O3. The van der Waals surface area contributed by atoms with Gasteiger partial charge in [0.1, 0.15) is 0 Å². The number of H-pyrrole nitrogens is 2. The third-order valence-electron chi connectivity index (χ3n) is 5.72. The molecule has 8 nitrogen and oxygen atoms in total. The van der Waals surface area contributed by atoms with Crippen molar-refractivity contribution in [2.75, 3.05) is 0 Å². The monoisotopic (exact) mass is 383 g/mol. The Labute approximate surface area is 162 Å². The molecule has 4 N–H and O–H groups in total. The Morgan fingerprint density at radius 2 is 2.04 bits per heavy atom. The molecule has 1 amide bonds. The van der Waals surface area contributed by atoms with E-state index in [1.165, 1.54) is 0 Å². The number of aromatic nitrogens is 4. The summed E-state index contributed by atoms with van der Waals surface area (Å²) in [5, 5.41) is 19.7. The Kier molecular flexibility index (Phi) is 4.80. The normalized spacial score (nSPS) is 19.8. The van der Waals surface area contributed by atoms with Crippen LogP contribution in [0, 0.1) is 13.8 Å². The first kappa shape index (κ1) is 18.5. The summed E-state index contributed by atoms with van der Waals surface area (Å²) in [5.41, 5.74) is 4.56. The zero-order valence-electron chi connectivity index (χ0n) is 16.1. The quantitative estimate of drug-likeness (QED) is 0.552. The van der Waals surface area contributed by atoms with E-state index in [2.05, 4.69) is 20.5 Å². The zero-order chi connectivity index (χ0) is 19.8. The fraction of sp³-hybridized carbons (Fsp3) is 0.450. The predicted molar refractivity (Wildman–Crippen MR) is 105 cm³/mol. The van der Waals surface area contributed by atoms with E-state index in [0.29, 0.717) is 30.5 Å². The number of hydrogen-bond donors (Lipinski definition) is 4. The second-order valence-corrected chi connectivity index (χ2v) is 7.59. The molecule has 148 valence electrons. The molecule has 0 bridgehead atoms. The van der Waals surface area contributed by atoms with Gasteiger partial charge < -0.3 is 15.4 Å². The number of nitrogens with one attached hydrogen (secondary N) is 3. The number of aromatic amines is 2. The molecule has 2 heterocycles. The molecule has 1 aliphatic carbocycles. The van der Waals surface area contributed by atoms with Crippen molar-refractivity contribution in [3.8, 4) is 0 Å². The number of rotatable bonds is 4. The maximum atomic E-state index is 12.6. The van der Waals surface area contributed by atoms with Gasteiger partial charge in [0.2, 0.25) is 0 Å². The molecule has 1 fully saturated rings. The highest BCUT2D eigenvalue weighted by Crippen LogP contribution is 2.29. The molecule has 1 saturated carbocycles. The van der Waals surface area contributed by atoms with E-state index in [1.807, 2.05) is 19.9 Å². The molecule has 3 aromatic rings. The highest BCUT2D eigenvalue weighted by molar-refractivity contribution is 5.97. The average Bonchev–Trinajstić information content (AvgIpc) is 3.18. The van der Waals surface area contributed by atoms with E-state index in [1.54, 1.807) is 16.7 Å². The molecular weight excluding hydrogens is 358 g/mol. The van der Waals surface area contributed by atoms with Gasteiger partial charge in [-0.3, -0.25) is 14.5 Å². The maximum Gasteiger partial charge on any atom is 0.326 e. The number of aliphatic hydroxyl groups is 1. The van der Waals surface area contributed by atoms with Gasteiger partial charge in [-0.05, 0) is 57.7 Å². The lowest BCUT2D eigenvalue weighted by Crippen LogP contribution is -2.27. The van der Waals surface area contributed by atoms with E-state index < -0.39 is 0 Å². The molecule has 2 aromatic heterocycles. The van der Waals surface area contributed by atoms with Crippen LogP contribution in [0.5, 0.6) is 0 Å². The molecule has 1 aromatic carbocycles. The van der Waals surface area contributed by atoms with E-state index in [4.69, 9.17) is 0 Å². The number of nitrogens with zero attached hydrogens (tertiary/aromatic N) is 2. The van der Waals surface area contributed by atoms with Crippen molar-refractivity contribution < 1.29 is 9.90 Å². The van der Waals surface area contributed by atoms with Crippen LogP contribution in [0.2, 0.25) is 0 Å². The van der Waals surface area contributed by atoms with Crippen molar-refractivity contribution in [2.24, 2.45) is 0 Å². The summed E-state index contributed by atoms with van der Waals surface area (Å²) >= 11 is 0. The summed E-state index contributed by atoms with van der Waals surface area (Å²) in [6.45, 7) is 4.22. The highest BCUT2D eigenvalue weighted by atomic mass is 16.3. The lowest BCUT2D eigenvalue weighted by Gasteiger charge is -2.26. The smallest absolute Gasteiger partial charge is 0.326 e. The van der Waals surface area contributed by atoms with Crippen molar-refractivity contribution in [1.29, 1.82) is 0 Å². The van der Waals surface area contributed by atoms with Crippen molar-refractivity contribution >= 4 is 16.9 Å². The first-order valence-corrected chi connectivity index (χ1v) is 9.65. The molecule has 0 unspecified atom stereocenters. The zero-order valence-corrected chi connectivity index (χ0v) is 16.1. The maximum absolute atomic E-state index is 12.6. The van der Waals surface area contributed by atoms with Crippen LogP contribution in [0.3, 0.4) is 0 Å². The molecule has 4 rings (SSSR count). The fourth-order valence-electron chi connectivity index (χ4n) is 4.06. The molecule has 8 heteroatoms. The number of hydrogen-bond acceptors (Lipinski definition) is 4. The Hall–Kier alpha value is -2.87. The number of imidazole rings is 1. The van der Waals surface area contributed by atoms with Gasteiger partial charge in [-0.2, -0.15) is 5.10 Å². The second kappa shape index (κ2) is 7.27. The van der Waals surface area contributed by atoms with Crippen LogP contribution in [0.1, 0.15) is 59.0 Å². The minimum Gasteiger partial charge on any atom is -0.393 e. The van der Waals surface area contributed by atoms with Gasteiger partial charge >= 0.3 is 5.69 Å². The van der Waals surface area contributed by atoms with Crippen LogP contribution >= 0.6 is 0 Å². The lowest BCUT2D eigenvalue weighted by molar-refractivity contribution is 0.0951. The van der Waals surface area contributed by atoms with E-state index >= 15 is 0 Å². The van der Waals surface area contributed by atoms with Crippen LogP contribution in [-0.4, -0.2) is 36.9 Å². The fourth-order valence-corrected chi connectivity index (χ4v) is 4.06. The van der Waals surface area contributed by atoms with Gasteiger partial charge in [0, 0.05) is 29.4 Å². The van der Waals surface area contributed by atoms with Crippen molar-refractivity contribution in [3.63, 3.8) is 0 Å². The summed E-state index contributed by atoms with van der Waals surface area (Å²) in [5.74, 6) is -0.198. The van der Waals surface area contributed by atoms with Crippen LogP contribution in [0.25, 0.3) is 11.0 Å². The van der Waals surface area contributed by atoms with E-state index in [0.717, 1.165) is 35.3 Å². The van der Waals surface area contributed by atoms with Gasteiger partial charge in [-0.15, -0.1) is 0 Å². The van der Waals surface area contributed by atoms with Crippen LogP contribution < -0.4 is 11.0 Å². The van der Waals surface area contributed by atoms with Crippen LogP contribution in [0.4, 0.5) is 0 Å². The molecule has 0 spiro atoms. The Morgan fingerprint density at radius 3 is 2.71 bits per heavy atom. The summed E-state index contributed by atoms with van der Waals surface area (Å²) in [7, 11) is 0. The molecule has 1 aliphatic rings. The number of aliphatic hydroxyl groups excluding tert-OH is 1. The van der Waals surface area contributed by atoms with Gasteiger partial charge in [0.25, 0.3) is 5.91 Å². The first-order valence-electron chi connectivity index (χ1n) is 9.65. The Balaban J connectivity index is 1.55. The molecule has 0 radical (unpaired) electrons. The standard InChI is InChI=1S/C20H25N5O3/c1-11-16(12(2)24-23-11)10-21-19(27)13-3-8-18-17(9-13)22-20(28)25(18)14-4-6-15(26)7-5-14/h3,8-9,14-15,26H,4-7,10H2,1-2H3,(H,21,27)(H,22,28)(H,23,24). The first-order chi connectivity index (χ1) is 13.4. The van der Waals surface area contributed by atoms with Crippen molar-refractivity contribution in [3.05, 3.63) is 51.2 Å². The van der Waals surface area contributed by atoms with Gasteiger partial charge in [0.05, 0.1) is 22.8 Å². The third kappa shape index (κ3) is 3.35. The number of benzene rings is 1. The van der Waals surface area contributed by atoms with E-state index in [-0.39, 0.29) is 23.7 Å². The topological polar surface area (TPSA) is 116 Å². The molecule has 0 saturated heterocycles. The van der Waals surface area contributed by atoms with Crippen molar-refractivity contribution in [1.82, 2.24) is 25.1 Å². The van der Waals surface area contributed by atoms with Gasteiger partial charge in [-0.25, -0.2) is 4.79 Å². The number of amides is 1. The van der Waals surface area contributed by atoms with Crippen LogP contribution in [-0.2, 0) is 6.54 Å². The Bertz CT molecular complexity index is 1050. The summed E-state index contributed by atoms with van der Waals surface area (Å²) in [4.78, 5) is 27.9. The third-order valence-corrected chi connectivity index (χ3v) is 5.72. The SMILES string of the molecule is Cc1n[nH]c(C)c1CNC(=O)c1ccc2c(c1)[nH]c(=O)n2C1CCC(O)CC1. The number of fused-ring (bicyclic) bond motifs is 1. The van der Waals surface area contributed by atoms with Gasteiger partial charge in [-0.1, -0.05) is 0 Å². The number of aryl methyl sites for hydroxylation is 2. The summed E-state index contributed by atoms with van der Waals surface area (Å²) in [6, 6.07) is 5.36. The minimum absolute atomic E-state index is 0.0800. The predicted octanol–water partition coefficient (Wildman–Crippen LogP) is 2.08. The minimum atomic E-state index is -0.269. The number of carbonyl (C=O) groups is 1. The molecule has 0 atom stereocenters. The summed E-state index contributed by atoms with van der Waals surface area (Å²) < 4.78 is 1.76. The summed E-state index contributed by atoms with van der Waals surface area (Å²) in [6.07, 6.45) is 2.70.